The van der Waals surface area contributed by atoms with Crippen molar-refractivity contribution >= 4 is 45.5 Å². The van der Waals surface area contributed by atoms with Crippen LogP contribution < -0.4 is 10.6 Å². The van der Waals surface area contributed by atoms with E-state index in [0.29, 0.717) is 0 Å². The van der Waals surface area contributed by atoms with Gasteiger partial charge in [-0.15, -0.1) is 0 Å². The Balaban J connectivity index is 1.77. The molecule has 4 aromatic rings. The number of nitrogens with zero attached hydrogens (tertiary/aromatic N) is 2. The van der Waals surface area contributed by atoms with E-state index in [1.165, 1.54) is 0 Å². The third-order valence-corrected chi connectivity index (χ3v) is 5.12. The van der Waals surface area contributed by atoms with Crippen molar-refractivity contribution in [2.24, 2.45) is 9.98 Å². The molecule has 170 valence electrons. The molecule has 0 radical (unpaired) electrons. The van der Waals surface area contributed by atoms with Crippen LogP contribution in [-0.4, -0.2) is 11.4 Å². The van der Waals surface area contributed by atoms with E-state index in [0.717, 1.165) is 56.7 Å². The second-order valence-corrected chi connectivity index (χ2v) is 8.56. The molecule has 0 fully saturated rings. The molecule has 0 aliphatic carbocycles. The standard InChI is InChI=1S/C30H30N4/c1-21(2)31-27-17-15-23(19-29(27)33-25-11-7-5-8-12-25)24-16-18-28(32-22(3)4)30(20-24)34-26-13-9-6-10-14-26/h5-20,33-34H,1-4H3. The van der Waals surface area contributed by atoms with Gasteiger partial charge >= 0.3 is 0 Å². The van der Waals surface area contributed by atoms with Gasteiger partial charge in [-0.3, -0.25) is 9.98 Å². The summed E-state index contributed by atoms with van der Waals surface area (Å²) < 4.78 is 0. The average Bonchev–Trinajstić information content (AvgIpc) is 2.82. The smallest absolute Gasteiger partial charge is 0.0864 e. The molecule has 0 saturated heterocycles. The quantitative estimate of drug-likeness (QED) is 0.278. The van der Waals surface area contributed by atoms with E-state index >= 15 is 0 Å². The first-order valence-electron chi connectivity index (χ1n) is 11.4. The summed E-state index contributed by atoms with van der Waals surface area (Å²) in [5.41, 5.74) is 10.0. The zero-order valence-corrected chi connectivity index (χ0v) is 20.1. The Morgan fingerprint density at radius 2 is 0.882 bits per heavy atom. The van der Waals surface area contributed by atoms with Gasteiger partial charge in [-0.1, -0.05) is 48.5 Å². The van der Waals surface area contributed by atoms with Gasteiger partial charge in [0.1, 0.15) is 0 Å². The van der Waals surface area contributed by atoms with Gasteiger partial charge in [-0.05, 0) is 87.4 Å². The summed E-state index contributed by atoms with van der Waals surface area (Å²) in [6.45, 7) is 8.04. The van der Waals surface area contributed by atoms with Crippen LogP contribution in [0.2, 0.25) is 0 Å². The van der Waals surface area contributed by atoms with Crippen LogP contribution in [-0.2, 0) is 0 Å². The first-order valence-corrected chi connectivity index (χ1v) is 11.4. The number of benzene rings is 4. The van der Waals surface area contributed by atoms with Gasteiger partial charge in [-0.25, -0.2) is 0 Å². The molecule has 0 aromatic heterocycles. The van der Waals surface area contributed by atoms with E-state index in [2.05, 4.69) is 71.3 Å². The lowest BCUT2D eigenvalue weighted by molar-refractivity contribution is 1.43. The Bertz CT molecular complexity index is 1210. The Morgan fingerprint density at radius 3 is 1.24 bits per heavy atom. The fourth-order valence-electron chi connectivity index (χ4n) is 3.66. The maximum atomic E-state index is 4.73. The minimum atomic E-state index is 0.915. The lowest BCUT2D eigenvalue weighted by Crippen LogP contribution is -1.94. The fraction of sp³-hybridized carbons (Fsp3) is 0.133. The molecule has 0 unspecified atom stereocenters. The lowest BCUT2D eigenvalue weighted by atomic mass is 10.0. The predicted octanol–water partition coefficient (Wildman–Crippen LogP) is 9.07. The van der Waals surface area contributed by atoms with Crippen LogP contribution in [0.5, 0.6) is 0 Å². The van der Waals surface area contributed by atoms with E-state index in [9.17, 15) is 0 Å². The van der Waals surface area contributed by atoms with Crippen LogP contribution in [0.1, 0.15) is 27.7 Å². The molecule has 2 N–H and O–H groups in total. The number of para-hydroxylation sites is 2. The highest BCUT2D eigenvalue weighted by molar-refractivity contribution is 5.89. The van der Waals surface area contributed by atoms with E-state index < -0.39 is 0 Å². The molecule has 34 heavy (non-hydrogen) atoms. The van der Waals surface area contributed by atoms with Crippen molar-refractivity contribution in [2.75, 3.05) is 10.6 Å². The van der Waals surface area contributed by atoms with E-state index in [1.807, 2.05) is 64.1 Å². The first-order chi connectivity index (χ1) is 16.5. The molecule has 0 saturated carbocycles. The zero-order valence-electron chi connectivity index (χ0n) is 20.1. The first kappa shape index (κ1) is 23.0. The third kappa shape index (κ3) is 5.99. The number of aliphatic imine (C=N–C) groups is 2. The Morgan fingerprint density at radius 1 is 0.500 bits per heavy atom. The fourth-order valence-corrected chi connectivity index (χ4v) is 3.66. The van der Waals surface area contributed by atoms with Crippen molar-refractivity contribution in [3.8, 4) is 11.1 Å². The maximum absolute atomic E-state index is 4.73. The van der Waals surface area contributed by atoms with E-state index in [1.54, 1.807) is 0 Å². The SMILES string of the molecule is CC(C)=Nc1ccc(-c2ccc(N=C(C)C)c(Nc3ccccc3)c2)cc1Nc1ccccc1. The highest BCUT2D eigenvalue weighted by Gasteiger charge is 2.10. The van der Waals surface area contributed by atoms with Gasteiger partial charge in [0.05, 0.1) is 22.7 Å². The van der Waals surface area contributed by atoms with Crippen LogP contribution in [0.3, 0.4) is 0 Å². The van der Waals surface area contributed by atoms with E-state index in [4.69, 9.17) is 9.98 Å². The largest absolute Gasteiger partial charge is 0.354 e. The minimum absolute atomic E-state index is 0.915. The lowest BCUT2D eigenvalue weighted by Gasteiger charge is -2.15. The second kappa shape index (κ2) is 10.6. The van der Waals surface area contributed by atoms with Gasteiger partial charge in [-0.2, -0.15) is 0 Å². The summed E-state index contributed by atoms with van der Waals surface area (Å²) in [6.07, 6.45) is 0. The molecule has 4 nitrogen and oxygen atoms in total. The summed E-state index contributed by atoms with van der Waals surface area (Å²) in [6, 6.07) is 33.0. The summed E-state index contributed by atoms with van der Waals surface area (Å²) in [5, 5.41) is 7.07. The summed E-state index contributed by atoms with van der Waals surface area (Å²) >= 11 is 0. The Hall–Kier alpha value is -4.18. The molecule has 0 bridgehead atoms. The molecule has 0 aliphatic rings. The number of hydrogen-bond donors (Lipinski definition) is 2. The van der Waals surface area contributed by atoms with Crippen LogP contribution in [0.4, 0.5) is 34.1 Å². The molecular formula is C30H30N4. The molecule has 0 atom stereocenters. The third-order valence-electron chi connectivity index (χ3n) is 5.12. The molecule has 4 heteroatoms. The molecule has 0 aliphatic heterocycles. The zero-order chi connectivity index (χ0) is 23.9. The van der Waals surface area contributed by atoms with Gasteiger partial charge in [0, 0.05) is 22.8 Å². The predicted molar refractivity (Wildman–Crippen MR) is 148 cm³/mol. The molecule has 4 rings (SSSR count). The summed E-state index contributed by atoms with van der Waals surface area (Å²) in [4.78, 5) is 9.47. The van der Waals surface area contributed by atoms with Crippen LogP contribution in [0.25, 0.3) is 11.1 Å². The van der Waals surface area contributed by atoms with Crippen molar-refractivity contribution in [2.45, 2.75) is 27.7 Å². The Labute approximate surface area is 202 Å². The molecule has 0 heterocycles. The highest BCUT2D eigenvalue weighted by Crippen LogP contribution is 2.37. The normalized spacial score (nSPS) is 10.4. The van der Waals surface area contributed by atoms with E-state index in [-0.39, 0.29) is 0 Å². The van der Waals surface area contributed by atoms with Crippen molar-refractivity contribution in [3.63, 3.8) is 0 Å². The Kier molecular flexibility index (Phi) is 7.19. The second-order valence-electron chi connectivity index (χ2n) is 8.56. The highest BCUT2D eigenvalue weighted by atomic mass is 14.9. The van der Waals surface area contributed by atoms with Crippen molar-refractivity contribution < 1.29 is 0 Å². The van der Waals surface area contributed by atoms with Crippen LogP contribution in [0.15, 0.2) is 107 Å². The van der Waals surface area contributed by atoms with Gasteiger partial charge in [0.15, 0.2) is 0 Å². The van der Waals surface area contributed by atoms with Gasteiger partial charge in [0.25, 0.3) is 0 Å². The molecule has 4 aromatic carbocycles. The topological polar surface area (TPSA) is 48.8 Å². The summed E-state index contributed by atoms with van der Waals surface area (Å²) in [7, 11) is 0. The number of rotatable bonds is 7. The van der Waals surface area contributed by atoms with Crippen molar-refractivity contribution in [1.29, 1.82) is 0 Å². The van der Waals surface area contributed by atoms with Crippen LogP contribution in [0, 0.1) is 0 Å². The minimum Gasteiger partial charge on any atom is -0.354 e. The number of hydrogen-bond acceptors (Lipinski definition) is 4. The average molecular weight is 447 g/mol. The van der Waals surface area contributed by atoms with Crippen molar-refractivity contribution in [1.82, 2.24) is 0 Å². The van der Waals surface area contributed by atoms with Gasteiger partial charge < -0.3 is 10.6 Å². The van der Waals surface area contributed by atoms with Gasteiger partial charge in [0.2, 0.25) is 0 Å². The molecule has 0 spiro atoms. The maximum Gasteiger partial charge on any atom is 0.0864 e. The molecular weight excluding hydrogens is 416 g/mol. The number of anilines is 4. The number of nitrogens with one attached hydrogen (secondary N) is 2. The monoisotopic (exact) mass is 446 g/mol. The van der Waals surface area contributed by atoms with Crippen LogP contribution >= 0.6 is 0 Å². The van der Waals surface area contributed by atoms with Crippen molar-refractivity contribution in [3.05, 3.63) is 97.1 Å². The summed E-state index contributed by atoms with van der Waals surface area (Å²) in [5.74, 6) is 0. The molecule has 0 amide bonds.